The molecule has 2 aromatic heterocycles. The molecule has 0 bridgehead atoms. The van der Waals surface area contributed by atoms with E-state index in [1.54, 1.807) is 11.0 Å². The number of aryl methyl sites for hydroxylation is 1. The number of hydrogen-bond donors (Lipinski definition) is 1. The molecule has 6 nitrogen and oxygen atoms in total. The van der Waals surface area contributed by atoms with E-state index in [9.17, 15) is 0 Å². The fourth-order valence-electron chi connectivity index (χ4n) is 2.84. The van der Waals surface area contributed by atoms with Crippen molar-refractivity contribution in [3.05, 3.63) is 60.2 Å². The average molecular weight is 321 g/mol. The first-order valence-corrected chi connectivity index (χ1v) is 8.08. The fourth-order valence-corrected chi connectivity index (χ4v) is 2.84. The summed E-state index contributed by atoms with van der Waals surface area (Å²) in [5, 5.41) is 7.77. The Morgan fingerprint density at radius 3 is 2.88 bits per heavy atom. The molecule has 122 valence electrons. The highest BCUT2D eigenvalue weighted by molar-refractivity contribution is 5.57. The number of rotatable bonds is 4. The summed E-state index contributed by atoms with van der Waals surface area (Å²) >= 11 is 0. The van der Waals surface area contributed by atoms with E-state index < -0.39 is 0 Å². The molecule has 0 amide bonds. The van der Waals surface area contributed by atoms with Crippen LogP contribution in [0.5, 0.6) is 0 Å². The molecular weight excluding hydrogens is 302 g/mol. The molecule has 0 spiro atoms. The van der Waals surface area contributed by atoms with Gasteiger partial charge in [-0.15, -0.1) is 5.10 Å². The Hall–Kier alpha value is -2.73. The first kappa shape index (κ1) is 14.8. The smallest absolute Gasteiger partial charge is 0.247 e. The molecular formula is C18H19N5O. The maximum Gasteiger partial charge on any atom is 0.247 e. The molecule has 3 aromatic rings. The maximum absolute atomic E-state index is 5.48. The van der Waals surface area contributed by atoms with Gasteiger partial charge in [-0.2, -0.15) is 4.98 Å². The van der Waals surface area contributed by atoms with E-state index in [1.165, 1.54) is 5.56 Å². The Balaban J connectivity index is 1.57. The van der Waals surface area contributed by atoms with Gasteiger partial charge in [0.1, 0.15) is 6.33 Å². The quantitative estimate of drug-likeness (QED) is 0.799. The Labute approximate surface area is 140 Å². The first-order valence-electron chi connectivity index (χ1n) is 8.08. The van der Waals surface area contributed by atoms with Crippen LogP contribution in [0.25, 0.3) is 5.69 Å². The SMILES string of the molecule is Cc1ncc(C2CCOC2)cc1Nc1ncn(-c2ccccc2)n1. The molecule has 1 aliphatic heterocycles. The van der Waals surface area contributed by atoms with Crippen LogP contribution in [0, 0.1) is 6.92 Å². The third kappa shape index (κ3) is 3.00. The Morgan fingerprint density at radius 2 is 2.08 bits per heavy atom. The number of pyridine rings is 1. The highest BCUT2D eigenvalue weighted by Crippen LogP contribution is 2.28. The van der Waals surface area contributed by atoms with Crippen molar-refractivity contribution in [2.45, 2.75) is 19.3 Å². The molecule has 0 radical (unpaired) electrons. The minimum atomic E-state index is 0.425. The van der Waals surface area contributed by atoms with Crippen molar-refractivity contribution in [1.82, 2.24) is 19.7 Å². The van der Waals surface area contributed by atoms with Crippen LogP contribution in [-0.4, -0.2) is 33.0 Å². The summed E-state index contributed by atoms with van der Waals surface area (Å²) in [4.78, 5) is 8.85. The zero-order valence-electron chi connectivity index (χ0n) is 13.5. The van der Waals surface area contributed by atoms with Gasteiger partial charge >= 0.3 is 0 Å². The molecule has 1 unspecified atom stereocenters. The van der Waals surface area contributed by atoms with Crippen molar-refractivity contribution < 1.29 is 4.74 Å². The number of para-hydroxylation sites is 1. The second kappa shape index (κ2) is 6.41. The van der Waals surface area contributed by atoms with Gasteiger partial charge in [0, 0.05) is 18.7 Å². The molecule has 0 aliphatic carbocycles. The predicted molar refractivity (Wildman–Crippen MR) is 91.8 cm³/mol. The first-order chi connectivity index (χ1) is 11.8. The standard InChI is InChI=1S/C18H19N5O/c1-13-17(9-15(10-19-13)14-7-8-24-11-14)21-18-20-12-23(22-18)16-5-3-2-4-6-16/h2-6,9-10,12,14H,7-8,11H2,1H3,(H,21,22). The molecule has 1 atom stereocenters. The van der Waals surface area contributed by atoms with Crippen molar-refractivity contribution >= 4 is 11.6 Å². The number of anilines is 2. The molecule has 1 aliphatic rings. The number of benzene rings is 1. The second-order valence-corrected chi connectivity index (χ2v) is 5.94. The molecule has 3 heterocycles. The highest BCUT2D eigenvalue weighted by Gasteiger charge is 2.19. The van der Waals surface area contributed by atoms with Crippen molar-refractivity contribution in [3.63, 3.8) is 0 Å². The topological polar surface area (TPSA) is 64.9 Å². The molecule has 1 N–H and O–H groups in total. The van der Waals surface area contributed by atoms with E-state index >= 15 is 0 Å². The van der Waals surface area contributed by atoms with Crippen molar-refractivity contribution in [3.8, 4) is 5.69 Å². The fraction of sp³-hybridized carbons (Fsp3) is 0.278. The third-order valence-electron chi connectivity index (χ3n) is 4.27. The largest absolute Gasteiger partial charge is 0.381 e. The van der Waals surface area contributed by atoms with Crippen LogP contribution in [0.2, 0.25) is 0 Å². The van der Waals surface area contributed by atoms with E-state index in [-0.39, 0.29) is 0 Å². The Bertz CT molecular complexity index is 824. The molecule has 6 heteroatoms. The van der Waals surface area contributed by atoms with Gasteiger partial charge in [0.15, 0.2) is 0 Å². The van der Waals surface area contributed by atoms with Gasteiger partial charge in [0.05, 0.1) is 23.7 Å². The lowest BCUT2D eigenvalue weighted by Crippen LogP contribution is -2.03. The number of hydrogen-bond acceptors (Lipinski definition) is 5. The summed E-state index contributed by atoms with van der Waals surface area (Å²) in [6.45, 7) is 3.57. The lowest BCUT2D eigenvalue weighted by atomic mass is 10.00. The average Bonchev–Trinajstić information content (AvgIpc) is 3.29. The number of ether oxygens (including phenoxy) is 1. The second-order valence-electron chi connectivity index (χ2n) is 5.94. The van der Waals surface area contributed by atoms with E-state index in [0.717, 1.165) is 36.7 Å². The van der Waals surface area contributed by atoms with Crippen molar-refractivity contribution in [2.75, 3.05) is 18.5 Å². The third-order valence-corrected chi connectivity index (χ3v) is 4.27. The normalized spacial score (nSPS) is 17.1. The van der Waals surface area contributed by atoms with E-state index in [0.29, 0.717) is 11.9 Å². The van der Waals surface area contributed by atoms with Gasteiger partial charge in [-0.1, -0.05) is 18.2 Å². The predicted octanol–water partition coefficient (Wildman–Crippen LogP) is 3.22. The van der Waals surface area contributed by atoms with Crippen LogP contribution in [-0.2, 0) is 4.74 Å². The van der Waals surface area contributed by atoms with Gasteiger partial charge in [0.25, 0.3) is 0 Å². The minimum absolute atomic E-state index is 0.425. The number of nitrogens with zero attached hydrogens (tertiary/aromatic N) is 4. The van der Waals surface area contributed by atoms with Crippen LogP contribution >= 0.6 is 0 Å². The van der Waals surface area contributed by atoms with Crippen LogP contribution in [0.3, 0.4) is 0 Å². The van der Waals surface area contributed by atoms with Crippen LogP contribution in [0.4, 0.5) is 11.6 Å². The Kier molecular flexibility index (Phi) is 3.96. The molecule has 4 rings (SSSR count). The van der Waals surface area contributed by atoms with Crippen LogP contribution in [0.15, 0.2) is 48.9 Å². The summed E-state index contributed by atoms with van der Waals surface area (Å²) in [5.41, 5.74) is 4.03. The lowest BCUT2D eigenvalue weighted by Gasteiger charge is -2.12. The zero-order chi connectivity index (χ0) is 16.4. The van der Waals surface area contributed by atoms with Gasteiger partial charge < -0.3 is 10.1 Å². The summed E-state index contributed by atoms with van der Waals surface area (Å²) in [6.07, 6.45) is 4.69. The van der Waals surface area contributed by atoms with Gasteiger partial charge in [-0.25, -0.2) is 4.68 Å². The molecule has 1 aromatic carbocycles. The van der Waals surface area contributed by atoms with E-state index in [4.69, 9.17) is 4.74 Å². The molecule has 1 saturated heterocycles. The van der Waals surface area contributed by atoms with E-state index in [1.807, 2.05) is 43.5 Å². The van der Waals surface area contributed by atoms with Crippen molar-refractivity contribution in [1.29, 1.82) is 0 Å². The summed E-state index contributed by atoms with van der Waals surface area (Å²) in [7, 11) is 0. The van der Waals surface area contributed by atoms with Gasteiger partial charge in [0.2, 0.25) is 5.95 Å². The summed E-state index contributed by atoms with van der Waals surface area (Å²) < 4.78 is 7.23. The summed E-state index contributed by atoms with van der Waals surface area (Å²) in [6, 6.07) is 12.0. The highest BCUT2D eigenvalue weighted by atomic mass is 16.5. The van der Waals surface area contributed by atoms with Gasteiger partial charge in [-0.3, -0.25) is 4.98 Å². The Morgan fingerprint density at radius 1 is 1.21 bits per heavy atom. The number of aromatic nitrogens is 4. The lowest BCUT2D eigenvalue weighted by molar-refractivity contribution is 0.194. The molecule has 1 fully saturated rings. The monoisotopic (exact) mass is 321 g/mol. The van der Waals surface area contributed by atoms with Crippen molar-refractivity contribution in [2.24, 2.45) is 0 Å². The molecule has 24 heavy (non-hydrogen) atoms. The van der Waals surface area contributed by atoms with Gasteiger partial charge in [-0.05, 0) is 37.1 Å². The molecule has 0 saturated carbocycles. The van der Waals surface area contributed by atoms with Crippen LogP contribution in [0.1, 0.15) is 23.6 Å². The van der Waals surface area contributed by atoms with E-state index in [2.05, 4.69) is 26.4 Å². The maximum atomic E-state index is 5.48. The van der Waals surface area contributed by atoms with Crippen LogP contribution < -0.4 is 5.32 Å². The zero-order valence-corrected chi connectivity index (χ0v) is 13.5. The number of nitrogens with one attached hydrogen (secondary N) is 1. The minimum Gasteiger partial charge on any atom is -0.381 e. The summed E-state index contributed by atoms with van der Waals surface area (Å²) in [5.74, 6) is 0.983.